The quantitative estimate of drug-likeness (QED) is 0.546. The molecule has 0 amide bonds. The first-order chi connectivity index (χ1) is 9.19. The Morgan fingerprint density at radius 1 is 1.42 bits per heavy atom. The van der Waals surface area contributed by atoms with Crippen molar-refractivity contribution in [3.05, 3.63) is 17.8 Å². The van der Waals surface area contributed by atoms with Gasteiger partial charge in [-0.25, -0.2) is 9.78 Å². The molecule has 0 atom stereocenters. The smallest absolute Gasteiger partial charge is 0.343 e. The molecule has 106 valence electrons. The summed E-state index contributed by atoms with van der Waals surface area (Å²) in [5, 5.41) is 8.66. The van der Waals surface area contributed by atoms with E-state index in [-0.39, 0.29) is 24.7 Å². The van der Waals surface area contributed by atoms with Crippen LogP contribution in [0.25, 0.3) is 0 Å². The molecule has 0 saturated heterocycles. The van der Waals surface area contributed by atoms with Gasteiger partial charge in [0.15, 0.2) is 0 Å². The molecular weight excluding hydrogens is 248 g/mol. The lowest BCUT2D eigenvalue weighted by Gasteiger charge is -2.10. The van der Waals surface area contributed by atoms with E-state index >= 15 is 0 Å². The number of aromatic nitrogens is 1. The Bertz CT molecular complexity index is 410. The van der Waals surface area contributed by atoms with Gasteiger partial charge in [-0.1, -0.05) is 0 Å². The van der Waals surface area contributed by atoms with Gasteiger partial charge in [0.1, 0.15) is 5.56 Å². The minimum absolute atomic E-state index is 0.175. The molecule has 1 heterocycles. The summed E-state index contributed by atoms with van der Waals surface area (Å²) < 4.78 is 10.4. The highest BCUT2D eigenvalue weighted by Crippen LogP contribution is 2.19. The lowest BCUT2D eigenvalue weighted by molar-refractivity contribution is 0.0520. The van der Waals surface area contributed by atoms with Crippen molar-refractivity contribution in [2.75, 3.05) is 25.6 Å². The molecule has 0 aliphatic rings. The Morgan fingerprint density at radius 3 is 2.89 bits per heavy atom. The highest BCUT2D eigenvalue weighted by molar-refractivity contribution is 5.92. The fourth-order valence-corrected chi connectivity index (χ4v) is 1.50. The highest BCUT2D eigenvalue weighted by Gasteiger charge is 2.15. The van der Waals surface area contributed by atoms with Crippen molar-refractivity contribution in [3.8, 4) is 5.88 Å². The molecule has 1 aromatic rings. The molecule has 0 radical (unpaired) electrons. The summed E-state index contributed by atoms with van der Waals surface area (Å²) in [4.78, 5) is 15.7. The van der Waals surface area contributed by atoms with Crippen LogP contribution < -0.4 is 10.5 Å². The van der Waals surface area contributed by atoms with Gasteiger partial charge in [0.25, 0.3) is 0 Å². The maximum atomic E-state index is 11.7. The Balaban J connectivity index is 2.63. The molecular formula is C13H20N2O4. The van der Waals surface area contributed by atoms with Gasteiger partial charge in [0, 0.05) is 6.61 Å². The molecule has 0 aromatic carbocycles. The third kappa shape index (κ3) is 5.13. The first-order valence-electron chi connectivity index (χ1n) is 6.35. The first-order valence-corrected chi connectivity index (χ1v) is 6.35. The molecule has 6 heteroatoms. The van der Waals surface area contributed by atoms with Crippen molar-refractivity contribution < 1.29 is 19.4 Å². The molecule has 0 saturated carbocycles. The summed E-state index contributed by atoms with van der Waals surface area (Å²) in [7, 11) is 0. The van der Waals surface area contributed by atoms with Gasteiger partial charge in [-0.05, 0) is 32.3 Å². The molecule has 3 N–H and O–H groups in total. The van der Waals surface area contributed by atoms with E-state index in [1.165, 1.54) is 12.3 Å². The number of hydrogen-bond acceptors (Lipinski definition) is 6. The molecule has 0 unspecified atom stereocenters. The van der Waals surface area contributed by atoms with Crippen LogP contribution in [0.3, 0.4) is 0 Å². The molecule has 0 aliphatic heterocycles. The van der Waals surface area contributed by atoms with E-state index in [1.807, 2.05) is 0 Å². The fourth-order valence-electron chi connectivity index (χ4n) is 1.50. The number of pyridine rings is 1. The van der Waals surface area contributed by atoms with Gasteiger partial charge in [0.05, 0.1) is 25.1 Å². The van der Waals surface area contributed by atoms with Crippen LogP contribution in [0.5, 0.6) is 5.88 Å². The summed E-state index contributed by atoms with van der Waals surface area (Å²) in [5.41, 5.74) is 6.23. The van der Waals surface area contributed by atoms with E-state index in [9.17, 15) is 4.79 Å². The molecule has 1 rings (SSSR count). The van der Waals surface area contributed by atoms with Gasteiger partial charge in [0.2, 0.25) is 5.88 Å². The van der Waals surface area contributed by atoms with E-state index in [0.29, 0.717) is 12.3 Å². The largest absolute Gasteiger partial charge is 0.477 e. The van der Waals surface area contributed by atoms with Crippen LogP contribution in [-0.4, -0.2) is 35.9 Å². The Labute approximate surface area is 112 Å². The van der Waals surface area contributed by atoms with Crippen LogP contribution in [0.2, 0.25) is 0 Å². The number of anilines is 1. The number of nitrogen functional groups attached to an aromatic ring is 1. The fraction of sp³-hybridized carbons (Fsp3) is 0.538. The van der Waals surface area contributed by atoms with Crippen LogP contribution in [0.1, 0.15) is 36.5 Å². The van der Waals surface area contributed by atoms with Crippen LogP contribution in [0.4, 0.5) is 5.69 Å². The van der Waals surface area contributed by atoms with Crippen molar-refractivity contribution in [2.45, 2.75) is 26.2 Å². The van der Waals surface area contributed by atoms with Crippen LogP contribution in [0.15, 0.2) is 12.3 Å². The highest BCUT2D eigenvalue weighted by atomic mass is 16.5. The lowest BCUT2D eigenvalue weighted by Crippen LogP contribution is -2.10. The van der Waals surface area contributed by atoms with Crippen molar-refractivity contribution in [2.24, 2.45) is 0 Å². The van der Waals surface area contributed by atoms with Crippen LogP contribution >= 0.6 is 0 Å². The minimum atomic E-state index is -0.493. The standard InChI is InChI=1S/C13H20N2O4/c1-2-18-13(17)11-8-10(14)9-15-12(11)19-7-5-3-4-6-16/h8-9,16H,2-7,14H2,1H3. The number of nitrogens with zero attached hydrogens (tertiary/aromatic N) is 1. The lowest BCUT2D eigenvalue weighted by atomic mass is 10.2. The van der Waals surface area contributed by atoms with Gasteiger partial charge < -0.3 is 20.3 Å². The molecule has 0 bridgehead atoms. The SMILES string of the molecule is CCOC(=O)c1cc(N)cnc1OCCCCCO. The zero-order valence-electron chi connectivity index (χ0n) is 11.1. The van der Waals surface area contributed by atoms with Gasteiger partial charge in [-0.3, -0.25) is 0 Å². The summed E-state index contributed by atoms with van der Waals surface area (Å²) in [6.45, 7) is 2.62. The number of nitrogens with two attached hydrogens (primary N) is 1. The number of aliphatic hydroxyl groups excluding tert-OH is 1. The number of unbranched alkanes of at least 4 members (excludes halogenated alkanes) is 2. The number of carbonyl (C=O) groups excluding carboxylic acids is 1. The van der Waals surface area contributed by atoms with Crippen LogP contribution in [-0.2, 0) is 4.74 Å². The summed E-state index contributed by atoms with van der Waals surface area (Å²) in [5.74, 6) is -0.260. The maximum absolute atomic E-state index is 11.7. The second-order valence-electron chi connectivity index (χ2n) is 3.97. The van der Waals surface area contributed by atoms with Crippen molar-refractivity contribution in [1.82, 2.24) is 4.98 Å². The number of esters is 1. The van der Waals surface area contributed by atoms with E-state index in [0.717, 1.165) is 19.3 Å². The third-order valence-electron chi connectivity index (χ3n) is 2.41. The number of aliphatic hydroxyl groups is 1. The molecule has 19 heavy (non-hydrogen) atoms. The maximum Gasteiger partial charge on any atom is 0.343 e. The Hall–Kier alpha value is -1.82. The predicted molar refractivity (Wildman–Crippen MR) is 71.0 cm³/mol. The summed E-state index contributed by atoms with van der Waals surface area (Å²) >= 11 is 0. The summed E-state index contributed by atoms with van der Waals surface area (Å²) in [6, 6.07) is 1.49. The van der Waals surface area contributed by atoms with E-state index < -0.39 is 5.97 Å². The number of hydrogen-bond donors (Lipinski definition) is 2. The summed E-state index contributed by atoms with van der Waals surface area (Å²) in [6.07, 6.45) is 3.82. The number of carbonyl (C=O) groups is 1. The van der Waals surface area contributed by atoms with E-state index in [2.05, 4.69) is 4.98 Å². The van der Waals surface area contributed by atoms with E-state index in [4.69, 9.17) is 20.3 Å². The Morgan fingerprint density at radius 2 is 2.21 bits per heavy atom. The average molecular weight is 268 g/mol. The number of rotatable bonds is 8. The molecule has 0 aliphatic carbocycles. The molecule has 0 fully saturated rings. The molecule has 1 aromatic heterocycles. The van der Waals surface area contributed by atoms with Crippen molar-refractivity contribution >= 4 is 11.7 Å². The van der Waals surface area contributed by atoms with Crippen molar-refractivity contribution in [3.63, 3.8) is 0 Å². The first kappa shape index (κ1) is 15.2. The number of ether oxygens (including phenoxy) is 2. The minimum Gasteiger partial charge on any atom is -0.477 e. The van der Waals surface area contributed by atoms with E-state index in [1.54, 1.807) is 6.92 Å². The van der Waals surface area contributed by atoms with Gasteiger partial charge in [-0.15, -0.1) is 0 Å². The van der Waals surface area contributed by atoms with Gasteiger partial charge in [-0.2, -0.15) is 0 Å². The zero-order chi connectivity index (χ0) is 14.1. The topological polar surface area (TPSA) is 94.7 Å². The monoisotopic (exact) mass is 268 g/mol. The Kier molecular flexibility index (Phi) is 6.67. The van der Waals surface area contributed by atoms with Crippen LogP contribution in [0, 0.1) is 0 Å². The third-order valence-corrected chi connectivity index (χ3v) is 2.41. The molecule has 6 nitrogen and oxygen atoms in total. The average Bonchev–Trinajstić information content (AvgIpc) is 2.40. The van der Waals surface area contributed by atoms with Crippen molar-refractivity contribution in [1.29, 1.82) is 0 Å². The zero-order valence-corrected chi connectivity index (χ0v) is 11.1. The predicted octanol–water partition coefficient (Wildman–Crippen LogP) is 1.38. The normalized spacial score (nSPS) is 10.2. The second-order valence-corrected chi connectivity index (χ2v) is 3.97. The molecule has 0 spiro atoms. The van der Waals surface area contributed by atoms with Gasteiger partial charge >= 0.3 is 5.97 Å². The second kappa shape index (κ2) is 8.31.